The van der Waals surface area contributed by atoms with E-state index < -0.39 is 6.43 Å². The summed E-state index contributed by atoms with van der Waals surface area (Å²) in [5.74, 6) is 0. The molecule has 0 fully saturated rings. The molecule has 0 spiro atoms. The smallest absolute Gasteiger partial charge is 0.265 e. The van der Waals surface area contributed by atoms with Gasteiger partial charge in [0.05, 0.1) is 23.2 Å². The Bertz CT molecular complexity index is 401. The first kappa shape index (κ1) is 11.8. The predicted octanol–water partition coefficient (Wildman–Crippen LogP) is 2.20. The average Bonchev–Trinajstić information content (AvgIpc) is 2.18. The van der Waals surface area contributed by atoms with Crippen molar-refractivity contribution in [3.05, 3.63) is 28.0 Å². The summed E-state index contributed by atoms with van der Waals surface area (Å²) in [7, 11) is 0. The Morgan fingerprint density at radius 2 is 2.27 bits per heavy atom. The summed E-state index contributed by atoms with van der Waals surface area (Å²) < 4.78 is 25.3. The van der Waals surface area contributed by atoms with Crippen LogP contribution in [0.15, 0.2) is 6.20 Å². The van der Waals surface area contributed by atoms with Gasteiger partial charge >= 0.3 is 0 Å². The van der Waals surface area contributed by atoms with E-state index >= 15 is 0 Å². The number of alkyl halides is 2. The van der Waals surface area contributed by atoms with Crippen molar-refractivity contribution in [2.45, 2.75) is 19.4 Å². The molecule has 1 aromatic heterocycles. The fraction of sp³-hybridized carbons (Fsp3) is 0.333. The van der Waals surface area contributed by atoms with Crippen LogP contribution in [0.4, 0.5) is 8.78 Å². The molecule has 3 nitrogen and oxygen atoms in total. The highest BCUT2D eigenvalue weighted by atomic mass is 35.5. The van der Waals surface area contributed by atoms with Gasteiger partial charge in [0.1, 0.15) is 0 Å². The molecule has 1 heterocycles. The van der Waals surface area contributed by atoms with E-state index in [1.54, 1.807) is 6.07 Å². The van der Waals surface area contributed by atoms with Gasteiger partial charge in [0.15, 0.2) is 0 Å². The first-order valence-electron chi connectivity index (χ1n) is 4.13. The summed E-state index contributed by atoms with van der Waals surface area (Å²) >= 11 is 5.71. The second kappa shape index (κ2) is 5.01. The van der Waals surface area contributed by atoms with Crippen molar-refractivity contribution in [3.8, 4) is 6.07 Å². The summed E-state index contributed by atoms with van der Waals surface area (Å²) in [6, 6.07) is 1.78. The topological polar surface area (TPSA) is 62.7 Å². The molecule has 0 aliphatic rings. The van der Waals surface area contributed by atoms with E-state index in [1.807, 2.05) is 0 Å². The molecule has 80 valence electrons. The maximum Gasteiger partial charge on any atom is 0.265 e. The largest absolute Gasteiger partial charge is 0.325 e. The summed E-state index contributed by atoms with van der Waals surface area (Å²) in [6.07, 6.45) is -1.65. The van der Waals surface area contributed by atoms with Crippen LogP contribution in [0.2, 0.25) is 5.02 Å². The van der Waals surface area contributed by atoms with E-state index in [0.29, 0.717) is 0 Å². The van der Waals surface area contributed by atoms with Gasteiger partial charge in [0, 0.05) is 18.3 Å². The van der Waals surface area contributed by atoms with Crippen LogP contribution in [0, 0.1) is 11.3 Å². The second-order valence-electron chi connectivity index (χ2n) is 2.80. The maximum absolute atomic E-state index is 12.7. The summed E-state index contributed by atoms with van der Waals surface area (Å²) in [6.45, 7) is -0.00854. The lowest BCUT2D eigenvalue weighted by molar-refractivity contribution is 0.150. The van der Waals surface area contributed by atoms with Gasteiger partial charge in [0.25, 0.3) is 6.43 Å². The van der Waals surface area contributed by atoms with E-state index in [9.17, 15) is 8.78 Å². The number of halogens is 3. The van der Waals surface area contributed by atoms with E-state index in [1.165, 1.54) is 6.20 Å². The average molecular weight is 232 g/mol. The Labute approximate surface area is 90.5 Å². The number of rotatable bonds is 3. The molecule has 0 aromatic carbocycles. The zero-order valence-electron chi connectivity index (χ0n) is 7.67. The molecule has 0 atom stereocenters. The molecule has 15 heavy (non-hydrogen) atoms. The van der Waals surface area contributed by atoms with Crippen LogP contribution in [0.25, 0.3) is 0 Å². The highest BCUT2D eigenvalue weighted by Crippen LogP contribution is 2.31. The number of aromatic nitrogens is 1. The molecule has 1 rings (SSSR count). The lowest BCUT2D eigenvalue weighted by Crippen LogP contribution is -2.06. The van der Waals surface area contributed by atoms with Crippen molar-refractivity contribution in [1.29, 1.82) is 5.26 Å². The normalized spacial score (nSPS) is 10.4. The van der Waals surface area contributed by atoms with Crippen LogP contribution in [0.3, 0.4) is 0 Å². The number of hydrogen-bond acceptors (Lipinski definition) is 3. The summed E-state index contributed by atoms with van der Waals surface area (Å²) in [5, 5.41) is 8.31. The van der Waals surface area contributed by atoms with Crippen molar-refractivity contribution < 1.29 is 8.78 Å². The highest BCUT2D eigenvalue weighted by Gasteiger charge is 2.20. The molecule has 0 saturated carbocycles. The van der Waals surface area contributed by atoms with Crippen LogP contribution >= 0.6 is 11.6 Å². The first-order valence-corrected chi connectivity index (χ1v) is 4.51. The molecule has 0 aliphatic carbocycles. The quantitative estimate of drug-likeness (QED) is 0.867. The molecule has 0 amide bonds. The van der Waals surface area contributed by atoms with Crippen molar-refractivity contribution in [2.24, 2.45) is 5.73 Å². The van der Waals surface area contributed by atoms with Gasteiger partial charge in [-0.1, -0.05) is 11.6 Å². The number of hydrogen-bond donors (Lipinski definition) is 1. The minimum absolute atomic E-state index is 0.00854. The van der Waals surface area contributed by atoms with Gasteiger partial charge in [-0.15, -0.1) is 0 Å². The van der Waals surface area contributed by atoms with Crippen LogP contribution in [0.5, 0.6) is 0 Å². The van der Waals surface area contributed by atoms with Gasteiger partial charge in [-0.3, -0.25) is 4.98 Å². The van der Waals surface area contributed by atoms with E-state index in [2.05, 4.69) is 4.98 Å². The zero-order chi connectivity index (χ0) is 11.4. The van der Waals surface area contributed by atoms with Gasteiger partial charge in [-0.25, -0.2) is 8.78 Å². The lowest BCUT2D eigenvalue weighted by atomic mass is 10.1. The summed E-state index contributed by atoms with van der Waals surface area (Å²) in [5.41, 5.74) is 5.31. The Morgan fingerprint density at radius 1 is 1.60 bits per heavy atom. The van der Waals surface area contributed by atoms with E-state index in [4.69, 9.17) is 22.6 Å². The minimum atomic E-state index is -2.73. The molecular weight excluding hydrogens is 224 g/mol. The third kappa shape index (κ3) is 2.41. The molecule has 2 N–H and O–H groups in total. The van der Waals surface area contributed by atoms with Gasteiger partial charge in [-0.2, -0.15) is 5.26 Å². The SMILES string of the molecule is N#CCc1cnc(CN)c(Cl)c1C(F)F. The Hall–Kier alpha value is -1.25. The van der Waals surface area contributed by atoms with Gasteiger partial charge < -0.3 is 5.73 Å². The molecule has 0 aliphatic heterocycles. The van der Waals surface area contributed by atoms with Gasteiger partial charge in [-0.05, 0) is 5.56 Å². The molecule has 0 radical (unpaired) electrons. The van der Waals surface area contributed by atoms with Crippen LogP contribution in [-0.2, 0) is 13.0 Å². The number of nitrogens with two attached hydrogens (primary N) is 1. The molecule has 0 unspecified atom stereocenters. The van der Waals surface area contributed by atoms with Crippen molar-refractivity contribution >= 4 is 11.6 Å². The monoisotopic (exact) mass is 231 g/mol. The molecule has 0 saturated heterocycles. The summed E-state index contributed by atoms with van der Waals surface area (Å²) in [4.78, 5) is 3.82. The molecule has 1 aromatic rings. The first-order chi connectivity index (χ1) is 7.11. The Kier molecular flexibility index (Phi) is 3.95. The molecular formula is C9H8ClF2N3. The lowest BCUT2D eigenvalue weighted by Gasteiger charge is -2.10. The maximum atomic E-state index is 12.7. The number of nitriles is 1. The van der Waals surface area contributed by atoms with E-state index in [-0.39, 0.29) is 34.8 Å². The Balaban J connectivity index is 3.32. The van der Waals surface area contributed by atoms with Crippen LogP contribution < -0.4 is 5.73 Å². The molecule has 6 heteroatoms. The van der Waals surface area contributed by atoms with Crippen LogP contribution in [-0.4, -0.2) is 4.98 Å². The number of nitrogens with zero attached hydrogens (tertiary/aromatic N) is 2. The van der Waals surface area contributed by atoms with Gasteiger partial charge in [0.2, 0.25) is 0 Å². The fourth-order valence-electron chi connectivity index (χ4n) is 1.18. The third-order valence-corrected chi connectivity index (χ3v) is 2.31. The Morgan fingerprint density at radius 3 is 2.73 bits per heavy atom. The second-order valence-corrected chi connectivity index (χ2v) is 3.18. The van der Waals surface area contributed by atoms with Crippen molar-refractivity contribution in [2.75, 3.05) is 0 Å². The minimum Gasteiger partial charge on any atom is -0.325 e. The predicted molar refractivity (Wildman–Crippen MR) is 51.4 cm³/mol. The third-order valence-electron chi connectivity index (χ3n) is 1.89. The highest BCUT2D eigenvalue weighted by molar-refractivity contribution is 6.32. The molecule has 0 bridgehead atoms. The van der Waals surface area contributed by atoms with Crippen LogP contribution in [0.1, 0.15) is 23.2 Å². The van der Waals surface area contributed by atoms with Crippen molar-refractivity contribution in [1.82, 2.24) is 4.98 Å². The fourth-order valence-corrected chi connectivity index (χ4v) is 1.51. The van der Waals surface area contributed by atoms with Crippen molar-refractivity contribution in [3.63, 3.8) is 0 Å². The van der Waals surface area contributed by atoms with E-state index in [0.717, 1.165) is 0 Å². The number of pyridine rings is 1. The standard InChI is InChI=1S/C9H8ClF2N3/c10-8-6(3-14)15-4-5(1-2-13)7(8)9(11)12/h4,9H,1,3,14H2. The zero-order valence-corrected chi connectivity index (χ0v) is 8.43.